The first-order valence-corrected chi connectivity index (χ1v) is 9.48. The molecule has 0 aliphatic carbocycles. The van der Waals surface area contributed by atoms with E-state index in [1.54, 1.807) is 49.4 Å². The number of nitrogens with one attached hydrogen (secondary N) is 1. The topological polar surface area (TPSA) is 75.7 Å². The summed E-state index contributed by atoms with van der Waals surface area (Å²) in [5.74, 6) is -1.60. The molecular formula is C20H18Cl2N2O4. The first kappa shape index (κ1) is 20.2. The minimum absolute atomic E-state index is 0.0631. The Labute approximate surface area is 172 Å². The van der Waals surface area contributed by atoms with Crippen LogP contribution in [0.3, 0.4) is 0 Å². The molecule has 6 nitrogen and oxygen atoms in total. The minimum atomic E-state index is -0.558. The van der Waals surface area contributed by atoms with Crippen molar-refractivity contribution in [1.82, 2.24) is 0 Å². The predicted octanol–water partition coefficient (Wildman–Crippen LogP) is 4.16. The zero-order valence-electron chi connectivity index (χ0n) is 15.1. The Bertz CT molecular complexity index is 932. The number of nitrogens with zero attached hydrogens (tertiary/aromatic N) is 1. The van der Waals surface area contributed by atoms with E-state index in [9.17, 15) is 14.4 Å². The number of para-hydroxylation sites is 1. The van der Waals surface area contributed by atoms with Crippen LogP contribution in [0.25, 0.3) is 0 Å². The summed E-state index contributed by atoms with van der Waals surface area (Å²) >= 11 is 11.9. The molecule has 1 atom stereocenters. The van der Waals surface area contributed by atoms with Gasteiger partial charge in [-0.1, -0.05) is 35.3 Å². The van der Waals surface area contributed by atoms with Crippen LogP contribution < -0.4 is 10.2 Å². The monoisotopic (exact) mass is 420 g/mol. The second kappa shape index (κ2) is 8.63. The molecule has 0 saturated carbocycles. The Kier molecular flexibility index (Phi) is 6.21. The molecule has 146 valence electrons. The molecule has 1 aliphatic rings. The van der Waals surface area contributed by atoms with Crippen LogP contribution in [0.5, 0.6) is 0 Å². The number of carbonyl (C=O) groups is 3. The third-order valence-corrected chi connectivity index (χ3v) is 5.13. The molecule has 2 aromatic rings. The summed E-state index contributed by atoms with van der Waals surface area (Å²) in [5, 5.41) is 3.47. The van der Waals surface area contributed by atoms with Crippen molar-refractivity contribution >= 4 is 52.4 Å². The molecule has 28 heavy (non-hydrogen) atoms. The van der Waals surface area contributed by atoms with Gasteiger partial charge in [0, 0.05) is 18.7 Å². The smallest absolute Gasteiger partial charge is 0.340 e. The van der Waals surface area contributed by atoms with Crippen LogP contribution in [0.15, 0.2) is 42.5 Å². The van der Waals surface area contributed by atoms with E-state index < -0.39 is 11.9 Å². The summed E-state index contributed by atoms with van der Waals surface area (Å²) in [6.07, 6.45) is 0.0631. The fourth-order valence-corrected chi connectivity index (χ4v) is 3.29. The Balaban J connectivity index is 1.73. The quantitative estimate of drug-likeness (QED) is 0.736. The maximum absolute atomic E-state index is 12.7. The first-order chi connectivity index (χ1) is 13.4. The number of benzene rings is 2. The summed E-state index contributed by atoms with van der Waals surface area (Å²) < 4.78 is 5.01. The van der Waals surface area contributed by atoms with Crippen LogP contribution in [-0.2, 0) is 14.3 Å². The molecule has 3 rings (SSSR count). The molecule has 8 heteroatoms. The number of esters is 1. The van der Waals surface area contributed by atoms with Crippen LogP contribution in [0.1, 0.15) is 23.7 Å². The van der Waals surface area contributed by atoms with Crippen molar-refractivity contribution in [1.29, 1.82) is 0 Å². The zero-order valence-corrected chi connectivity index (χ0v) is 16.6. The molecule has 2 aromatic carbocycles. The van der Waals surface area contributed by atoms with Crippen LogP contribution in [-0.4, -0.2) is 30.9 Å². The molecule has 0 radical (unpaired) electrons. The molecule has 2 amide bonds. The van der Waals surface area contributed by atoms with E-state index >= 15 is 0 Å². The zero-order chi connectivity index (χ0) is 20.3. The molecule has 0 spiro atoms. The van der Waals surface area contributed by atoms with E-state index in [1.165, 1.54) is 4.90 Å². The van der Waals surface area contributed by atoms with Crippen molar-refractivity contribution in [2.24, 2.45) is 5.92 Å². The van der Waals surface area contributed by atoms with Crippen LogP contribution in [0, 0.1) is 5.92 Å². The highest BCUT2D eigenvalue weighted by molar-refractivity contribution is 6.42. The first-order valence-electron chi connectivity index (χ1n) is 8.73. The highest BCUT2D eigenvalue weighted by Gasteiger charge is 2.35. The van der Waals surface area contributed by atoms with E-state index in [4.69, 9.17) is 27.9 Å². The third kappa shape index (κ3) is 4.29. The largest absolute Gasteiger partial charge is 0.462 e. The van der Waals surface area contributed by atoms with Gasteiger partial charge in [0.15, 0.2) is 0 Å². The third-order valence-electron chi connectivity index (χ3n) is 4.39. The minimum Gasteiger partial charge on any atom is -0.462 e. The van der Waals surface area contributed by atoms with Gasteiger partial charge in [0.2, 0.25) is 11.8 Å². The second-order valence-corrected chi connectivity index (χ2v) is 7.07. The fourth-order valence-electron chi connectivity index (χ4n) is 3.00. The Hall–Kier alpha value is -2.57. The highest BCUT2D eigenvalue weighted by Crippen LogP contribution is 2.31. The summed E-state index contributed by atoms with van der Waals surface area (Å²) in [4.78, 5) is 38.7. The van der Waals surface area contributed by atoms with Gasteiger partial charge in [0.25, 0.3) is 0 Å². The lowest BCUT2D eigenvalue weighted by atomic mass is 10.1. The maximum atomic E-state index is 12.7. The van der Waals surface area contributed by atoms with Gasteiger partial charge < -0.3 is 15.0 Å². The van der Waals surface area contributed by atoms with Gasteiger partial charge in [-0.25, -0.2) is 4.79 Å². The van der Waals surface area contributed by atoms with Crippen molar-refractivity contribution in [3.8, 4) is 0 Å². The summed E-state index contributed by atoms with van der Waals surface area (Å²) in [6.45, 7) is 2.15. The average Bonchev–Trinajstić information content (AvgIpc) is 3.06. The van der Waals surface area contributed by atoms with Gasteiger partial charge in [0.05, 0.1) is 33.8 Å². The van der Waals surface area contributed by atoms with Crippen LogP contribution in [0.2, 0.25) is 10.0 Å². The lowest BCUT2D eigenvalue weighted by molar-refractivity contribution is -0.122. The molecule has 1 saturated heterocycles. The van der Waals surface area contributed by atoms with Crippen molar-refractivity contribution in [2.75, 3.05) is 23.4 Å². The number of ether oxygens (including phenoxy) is 1. The summed E-state index contributed by atoms with van der Waals surface area (Å²) in [7, 11) is 0. The molecule has 0 bridgehead atoms. The van der Waals surface area contributed by atoms with Crippen molar-refractivity contribution in [2.45, 2.75) is 13.3 Å². The summed E-state index contributed by atoms with van der Waals surface area (Å²) in [5.41, 5.74) is 1.20. The summed E-state index contributed by atoms with van der Waals surface area (Å²) in [6, 6.07) is 11.5. The van der Waals surface area contributed by atoms with E-state index in [2.05, 4.69) is 5.32 Å². The van der Waals surface area contributed by atoms with Crippen molar-refractivity contribution in [3.05, 3.63) is 58.1 Å². The molecule has 0 unspecified atom stereocenters. The van der Waals surface area contributed by atoms with Gasteiger partial charge >= 0.3 is 5.97 Å². The van der Waals surface area contributed by atoms with Crippen molar-refractivity contribution < 1.29 is 19.1 Å². The van der Waals surface area contributed by atoms with E-state index in [1.807, 2.05) is 0 Å². The van der Waals surface area contributed by atoms with E-state index in [-0.39, 0.29) is 37.0 Å². The number of carbonyl (C=O) groups excluding carboxylic acids is 3. The Morgan fingerprint density at radius 2 is 1.93 bits per heavy atom. The predicted molar refractivity (Wildman–Crippen MR) is 108 cm³/mol. The van der Waals surface area contributed by atoms with Gasteiger partial charge in [-0.15, -0.1) is 0 Å². The van der Waals surface area contributed by atoms with Crippen molar-refractivity contribution in [3.63, 3.8) is 0 Å². The lowest BCUT2D eigenvalue weighted by Gasteiger charge is -2.17. The normalized spacial score (nSPS) is 16.2. The molecular weight excluding hydrogens is 403 g/mol. The van der Waals surface area contributed by atoms with E-state index in [0.717, 1.165) is 0 Å². The number of hydrogen-bond acceptors (Lipinski definition) is 4. The average molecular weight is 421 g/mol. The lowest BCUT2D eigenvalue weighted by Crippen LogP contribution is -2.28. The SMILES string of the molecule is CCOC(=O)c1ccccc1NC(=O)[C@@H]1CC(=O)N(c2ccc(Cl)c(Cl)c2)C1. The maximum Gasteiger partial charge on any atom is 0.340 e. The van der Waals surface area contributed by atoms with Crippen LogP contribution in [0.4, 0.5) is 11.4 Å². The van der Waals surface area contributed by atoms with E-state index in [0.29, 0.717) is 21.4 Å². The molecule has 1 N–H and O–H groups in total. The number of rotatable bonds is 5. The van der Waals surface area contributed by atoms with Gasteiger partial charge in [-0.05, 0) is 37.3 Å². The standard InChI is InChI=1S/C20H18Cl2N2O4/c1-2-28-20(27)14-5-3-4-6-17(14)23-19(26)12-9-18(25)24(11-12)13-7-8-15(21)16(22)10-13/h3-8,10,12H,2,9,11H2,1H3,(H,23,26)/t12-/m1/s1. The molecule has 1 aliphatic heterocycles. The van der Waals surface area contributed by atoms with Gasteiger partial charge in [-0.2, -0.15) is 0 Å². The number of hydrogen-bond donors (Lipinski definition) is 1. The fraction of sp³-hybridized carbons (Fsp3) is 0.250. The molecule has 1 heterocycles. The van der Waals surface area contributed by atoms with Crippen LogP contribution >= 0.6 is 23.2 Å². The number of amides is 2. The molecule has 1 fully saturated rings. The second-order valence-electron chi connectivity index (χ2n) is 6.26. The highest BCUT2D eigenvalue weighted by atomic mass is 35.5. The Morgan fingerprint density at radius 1 is 1.18 bits per heavy atom. The van der Waals surface area contributed by atoms with Gasteiger partial charge in [0.1, 0.15) is 0 Å². The number of anilines is 2. The molecule has 0 aromatic heterocycles. The Morgan fingerprint density at radius 3 is 2.64 bits per heavy atom. The van der Waals surface area contributed by atoms with Gasteiger partial charge in [-0.3, -0.25) is 9.59 Å². The number of halogens is 2.